The molecule has 0 aliphatic carbocycles. The van der Waals surface area contributed by atoms with Crippen molar-refractivity contribution in [3.05, 3.63) is 64.7 Å². The number of rotatable bonds is 3. The second-order valence-electron chi connectivity index (χ2n) is 4.89. The lowest BCUT2D eigenvalue weighted by molar-refractivity contribution is -0.140. The van der Waals surface area contributed by atoms with Gasteiger partial charge in [-0.05, 0) is 36.9 Å². The molecule has 1 aromatic heterocycles. The Morgan fingerprint density at radius 3 is 2.08 bits per heavy atom. The van der Waals surface area contributed by atoms with E-state index in [4.69, 9.17) is 0 Å². The lowest BCUT2D eigenvalue weighted by atomic mass is 9.97. The van der Waals surface area contributed by atoms with Crippen molar-refractivity contribution in [2.45, 2.75) is 18.4 Å². The quantitative estimate of drug-likeness (QED) is 0.819. The van der Waals surface area contributed by atoms with Crippen molar-refractivity contribution in [1.82, 2.24) is 10.3 Å². The number of pyridine rings is 1. The fourth-order valence-corrected chi connectivity index (χ4v) is 2.29. The summed E-state index contributed by atoms with van der Waals surface area (Å²) in [4.78, 5) is 3.67. The molecule has 0 saturated heterocycles. The van der Waals surface area contributed by atoms with Gasteiger partial charge < -0.3 is 5.32 Å². The molecule has 0 bridgehead atoms. The molecule has 0 radical (unpaired) electrons. The third-order valence-electron chi connectivity index (χ3n) is 3.34. The minimum atomic E-state index is -4.89. The number of halogens is 7. The summed E-state index contributed by atoms with van der Waals surface area (Å²) < 4.78 is 90.7. The van der Waals surface area contributed by atoms with Gasteiger partial charge in [-0.15, -0.1) is 0 Å². The Morgan fingerprint density at radius 2 is 1.58 bits per heavy atom. The van der Waals surface area contributed by atoms with Crippen molar-refractivity contribution < 1.29 is 30.7 Å². The van der Waals surface area contributed by atoms with E-state index < -0.39 is 41.0 Å². The molecule has 24 heavy (non-hydrogen) atoms. The third kappa shape index (κ3) is 3.66. The zero-order valence-electron chi connectivity index (χ0n) is 12.1. The van der Waals surface area contributed by atoms with Gasteiger partial charge in [-0.25, -0.2) is 4.39 Å². The molecule has 0 saturated carbocycles. The highest BCUT2D eigenvalue weighted by Crippen LogP contribution is 2.37. The van der Waals surface area contributed by atoms with Crippen LogP contribution in [0.2, 0.25) is 0 Å². The van der Waals surface area contributed by atoms with E-state index >= 15 is 0 Å². The van der Waals surface area contributed by atoms with Gasteiger partial charge in [0.2, 0.25) is 0 Å². The molecule has 1 aromatic carbocycles. The fourth-order valence-electron chi connectivity index (χ4n) is 2.29. The molecule has 1 N–H and O–H groups in total. The molecule has 130 valence electrons. The second-order valence-corrected chi connectivity index (χ2v) is 4.89. The van der Waals surface area contributed by atoms with E-state index in [1.807, 2.05) is 0 Å². The third-order valence-corrected chi connectivity index (χ3v) is 3.34. The highest BCUT2D eigenvalue weighted by Gasteiger charge is 2.37. The Morgan fingerprint density at radius 1 is 0.958 bits per heavy atom. The van der Waals surface area contributed by atoms with Gasteiger partial charge in [0.1, 0.15) is 5.82 Å². The minimum Gasteiger partial charge on any atom is -0.308 e. The van der Waals surface area contributed by atoms with Gasteiger partial charge in [0.25, 0.3) is 0 Å². The van der Waals surface area contributed by atoms with Crippen molar-refractivity contribution in [1.29, 1.82) is 0 Å². The zero-order chi connectivity index (χ0) is 18.1. The van der Waals surface area contributed by atoms with Gasteiger partial charge in [0.05, 0.1) is 22.9 Å². The first-order valence-corrected chi connectivity index (χ1v) is 6.61. The molecule has 0 aliphatic rings. The van der Waals surface area contributed by atoms with Crippen LogP contribution in [0.25, 0.3) is 0 Å². The fraction of sp³-hybridized carbons (Fsp3) is 0.267. The molecule has 1 heterocycles. The molecular weight excluding hydrogens is 341 g/mol. The summed E-state index contributed by atoms with van der Waals surface area (Å²) in [5.74, 6) is -1.57. The summed E-state index contributed by atoms with van der Waals surface area (Å²) in [5.41, 5.74) is -3.10. The number of aromatic nitrogens is 1. The maximum Gasteiger partial charge on any atom is 0.419 e. The van der Waals surface area contributed by atoms with Crippen molar-refractivity contribution in [2.75, 3.05) is 7.05 Å². The van der Waals surface area contributed by atoms with Crippen LogP contribution in [0.3, 0.4) is 0 Å². The van der Waals surface area contributed by atoms with Crippen LogP contribution in [-0.4, -0.2) is 12.0 Å². The van der Waals surface area contributed by atoms with Crippen LogP contribution >= 0.6 is 0 Å². The smallest absolute Gasteiger partial charge is 0.308 e. The zero-order valence-corrected chi connectivity index (χ0v) is 12.1. The number of nitrogens with one attached hydrogen (secondary N) is 1. The number of benzene rings is 1. The van der Waals surface area contributed by atoms with E-state index in [1.165, 1.54) is 7.05 Å². The Kier molecular flexibility index (Phi) is 4.84. The number of alkyl halides is 6. The second kappa shape index (κ2) is 6.39. The average Bonchev–Trinajstić information content (AvgIpc) is 2.46. The van der Waals surface area contributed by atoms with Crippen LogP contribution in [0, 0.1) is 5.82 Å². The molecule has 0 fully saturated rings. The Bertz CT molecular complexity index is 722. The Balaban J connectivity index is 2.53. The molecular formula is C15H11F7N2. The topological polar surface area (TPSA) is 24.9 Å². The number of nitrogens with zero attached hydrogens (tertiary/aromatic N) is 1. The van der Waals surface area contributed by atoms with Crippen molar-refractivity contribution in [2.24, 2.45) is 0 Å². The van der Waals surface area contributed by atoms with E-state index in [0.717, 1.165) is 24.4 Å². The van der Waals surface area contributed by atoms with E-state index in [2.05, 4.69) is 10.3 Å². The van der Waals surface area contributed by atoms with Crippen molar-refractivity contribution in [3.63, 3.8) is 0 Å². The summed E-state index contributed by atoms with van der Waals surface area (Å²) in [7, 11) is 1.30. The van der Waals surface area contributed by atoms with Crippen LogP contribution in [-0.2, 0) is 12.4 Å². The van der Waals surface area contributed by atoms with Crippen LogP contribution in [0.1, 0.15) is 28.4 Å². The lowest BCUT2D eigenvalue weighted by Crippen LogP contribution is -2.23. The highest BCUT2D eigenvalue weighted by molar-refractivity contribution is 5.36. The summed E-state index contributed by atoms with van der Waals surface area (Å²) in [5, 5.41) is 2.52. The van der Waals surface area contributed by atoms with Gasteiger partial charge in [-0.2, -0.15) is 26.3 Å². The van der Waals surface area contributed by atoms with Crippen molar-refractivity contribution in [3.8, 4) is 0 Å². The van der Waals surface area contributed by atoms with Crippen molar-refractivity contribution >= 4 is 0 Å². The van der Waals surface area contributed by atoms with Crippen LogP contribution in [0.15, 0.2) is 36.5 Å². The SMILES string of the molecule is CNC(c1ccc(C(F)(F)F)c(F)c1)c1ncccc1C(F)(F)F. The highest BCUT2D eigenvalue weighted by atomic mass is 19.4. The standard InChI is InChI=1S/C15H11F7N2/c1-23-12(13-10(15(20,21)22)3-2-6-24-13)8-4-5-9(11(16)7-8)14(17,18)19/h2-7,12,23H,1H3. The van der Waals surface area contributed by atoms with Gasteiger partial charge in [-0.3, -0.25) is 4.98 Å². The largest absolute Gasteiger partial charge is 0.419 e. The van der Waals surface area contributed by atoms with Crippen LogP contribution < -0.4 is 5.32 Å². The van der Waals surface area contributed by atoms with E-state index in [0.29, 0.717) is 12.1 Å². The van der Waals surface area contributed by atoms with Gasteiger partial charge in [0.15, 0.2) is 0 Å². The molecule has 9 heteroatoms. The number of hydrogen-bond donors (Lipinski definition) is 1. The maximum absolute atomic E-state index is 13.7. The van der Waals surface area contributed by atoms with E-state index in [-0.39, 0.29) is 5.56 Å². The minimum absolute atomic E-state index is 0.104. The summed E-state index contributed by atoms with van der Waals surface area (Å²) in [6, 6.07) is 2.63. The predicted molar refractivity (Wildman–Crippen MR) is 71.5 cm³/mol. The first kappa shape index (κ1) is 18.2. The van der Waals surface area contributed by atoms with Gasteiger partial charge >= 0.3 is 12.4 Å². The normalized spacial score (nSPS) is 13.8. The molecule has 0 aliphatic heterocycles. The lowest BCUT2D eigenvalue weighted by Gasteiger charge is -2.21. The van der Waals surface area contributed by atoms with Gasteiger partial charge in [-0.1, -0.05) is 6.07 Å². The van der Waals surface area contributed by atoms with Crippen LogP contribution in [0.4, 0.5) is 30.7 Å². The molecule has 0 spiro atoms. The monoisotopic (exact) mass is 352 g/mol. The van der Waals surface area contributed by atoms with Crippen LogP contribution in [0.5, 0.6) is 0 Å². The van der Waals surface area contributed by atoms with Gasteiger partial charge in [0, 0.05) is 6.20 Å². The summed E-state index contributed by atoms with van der Waals surface area (Å²) in [6.45, 7) is 0. The average molecular weight is 352 g/mol. The summed E-state index contributed by atoms with van der Waals surface area (Å²) in [6.07, 6.45) is -8.47. The maximum atomic E-state index is 13.7. The first-order valence-electron chi connectivity index (χ1n) is 6.61. The predicted octanol–water partition coefficient (Wildman–Crippen LogP) is 4.57. The Hall–Kier alpha value is -2.16. The summed E-state index contributed by atoms with van der Waals surface area (Å²) >= 11 is 0. The van der Waals surface area contributed by atoms with E-state index in [9.17, 15) is 30.7 Å². The molecule has 2 rings (SSSR count). The molecule has 2 aromatic rings. The van der Waals surface area contributed by atoms with E-state index in [1.54, 1.807) is 0 Å². The molecule has 2 nitrogen and oxygen atoms in total. The molecule has 1 atom stereocenters. The Labute approximate surface area is 132 Å². The number of hydrogen-bond acceptors (Lipinski definition) is 2. The first-order chi connectivity index (χ1) is 11.1. The molecule has 1 unspecified atom stereocenters. The molecule has 0 amide bonds.